The molecule has 0 heterocycles. The molecule has 0 fully saturated rings. The monoisotopic (exact) mass is 235 g/mol. The van der Waals surface area contributed by atoms with Crippen LogP contribution < -0.4 is 5.73 Å². The smallest absolute Gasteiger partial charge is 0.327 e. The standard InChI is InChI=1S/C6H12F3NOS2/c1-5(10)4-13(11)3-2-12-6(7,8)9/h5H,2-4,10H2,1H3. The van der Waals surface area contributed by atoms with Crippen LogP contribution in [0.4, 0.5) is 13.2 Å². The molecule has 2 nitrogen and oxygen atoms in total. The summed E-state index contributed by atoms with van der Waals surface area (Å²) in [6.07, 6.45) is 0. The minimum absolute atomic E-state index is 0.0473. The van der Waals surface area contributed by atoms with Crippen molar-refractivity contribution in [2.75, 3.05) is 17.3 Å². The van der Waals surface area contributed by atoms with Crippen LogP contribution in [0.5, 0.6) is 0 Å². The van der Waals surface area contributed by atoms with E-state index in [-0.39, 0.29) is 35.1 Å². The van der Waals surface area contributed by atoms with Crippen LogP contribution >= 0.6 is 11.8 Å². The van der Waals surface area contributed by atoms with Gasteiger partial charge in [-0.3, -0.25) is 4.21 Å². The summed E-state index contributed by atoms with van der Waals surface area (Å²) in [4.78, 5) is 0. The van der Waals surface area contributed by atoms with Gasteiger partial charge in [0.15, 0.2) is 0 Å². The SMILES string of the molecule is CC(N)CS(=O)CCSC(F)(F)F. The van der Waals surface area contributed by atoms with E-state index in [9.17, 15) is 17.4 Å². The van der Waals surface area contributed by atoms with Crippen LogP contribution in [0.15, 0.2) is 0 Å². The fraction of sp³-hybridized carbons (Fsp3) is 1.00. The first-order valence-electron chi connectivity index (χ1n) is 3.62. The predicted octanol–water partition coefficient (Wildman–Crippen LogP) is 1.34. The summed E-state index contributed by atoms with van der Waals surface area (Å²) < 4.78 is 45.8. The topological polar surface area (TPSA) is 43.1 Å². The van der Waals surface area contributed by atoms with Crippen molar-refractivity contribution in [3.8, 4) is 0 Å². The Morgan fingerprint density at radius 1 is 1.54 bits per heavy atom. The third-order valence-corrected chi connectivity index (χ3v) is 3.58. The van der Waals surface area contributed by atoms with Gasteiger partial charge < -0.3 is 5.73 Å². The Balaban J connectivity index is 3.49. The predicted molar refractivity (Wildman–Crippen MR) is 50.0 cm³/mol. The zero-order chi connectivity index (χ0) is 10.5. The number of rotatable bonds is 5. The molecule has 0 aliphatic heterocycles. The van der Waals surface area contributed by atoms with Crippen LogP contribution in [0.25, 0.3) is 0 Å². The molecule has 0 aliphatic rings. The van der Waals surface area contributed by atoms with Gasteiger partial charge in [-0.05, 0) is 6.92 Å². The highest BCUT2D eigenvalue weighted by Gasteiger charge is 2.27. The molecule has 0 aromatic rings. The second-order valence-corrected chi connectivity index (χ2v) is 5.36. The van der Waals surface area contributed by atoms with Crippen molar-refractivity contribution >= 4 is 22.6 Å². The minimum Gasteiger partial charge on any atom is -0.327 e. The highest BCUT2D eigenvalue weighted by atomic mass is 32.2. The fourth-order valence-corrected chi connectivity index (χ4v) is 2.69. The Morgan fingerprint density at radius 2 is 2.08 bits per heavy atom. The molecule has 80 valence electrons. The summed E-state index contributed by atoms with van der Waals surface area (Å²) in [6, 6.07) is -0.225. The van der Waals surface area contributed by atoms with Gasteiger partial charge in [-0.2, -0.15) is 13.2 Å². The van der Waals surface area contributed by atoms with E-state index in [1.165, 1.54) is 0 Å². The summed E-state index contributed by atoms with van der Waals surface area (Å²) in [5, 5.41) is 0. The van der Waals surface area contributed by atoms with E-state index in [1.54, 1.807) is 6.92 Å². The van der Waals surface area contributed by atoms with Gasteiger partial charge in [0.1, 0.15) is 0 Å². The lowest BCUT2D eigenvalue weighted by Crippen LogP contribution is -2.24. The van der Waals surface area contributed by atoms with E-state index in [4.69, 9.17) is 5.73 Å². The van der Waals surface area contributed by atoms with Crippen LogP contribution in [0.1, 0.15) is 6.92 Å². The van der Waals surface area contributed by atoms with Gasteiger partial charge in [-0.1, -0.05) is 11.8 Å². The molecule has 0 saturated carbocycles. The van der Waals surface area contributed by atoms with Gasteiger partial charge >= 0.3 is 5.51 Å². The number of hydrogen-bond donors (Lipinski definition) is 1. The number of thioether (sulfide) groups is 1. The van der Waals surface area contributed by atoms with Gasteiger partial charge in [0.05, 0.1) is 0 Å². The minimum atomic E-state index is -4.22. The quantitative estimate of drug-likeness (QED) is 0.782. The van der Waals surface area contributed by atoms with Crippen molar-refractivity contribution in [1.29, 1.82) is 0 Å². The van der Waals surface area contributed by atoms with Crippen molar-refractivity contribution in [2.45, 2.75) is 18.5 Å². The molecule has 0 aliphatic carbocycles. The molecule has 0 radical (unpaired) electrons. The van der Waals surface area contributed by atoms with Gasteiger partial charge in [0.2, 0.25) is 0 Å². The van der Waals surface area contributed by atoms with Crippen LogP contribution in [0.2, 0.25) is 0 Å². The summed E-state index contributed by atoms with van der Waals surface area (Å²) in [5.74, 6) is 0.146. The van der Waals surface area contributed by atoms with Crippen molar-refractivity contribution in [2.24, 2.45) is 5.73 Å². The van der Waals surface area contributed by atoms with E-state index >= 15 is 0 Å². The molecule has 2 unspecified atom stereocenters. The van der Waals surface area contributed by atoms with Gasteiger partial charge in [-0.25, -0.2) is 0 Å². The molecule has 0 aromatic carbocycles. The van der Waals surface area contributed by atoms with Gasteiger partial charge in [0.25, 0.3) is 0 Å². The number of hydrogen-bond acceptors (Lipinski definition) is 3. The molecule has 0 spiro atoms. The summed E-state index contributed by atoms with van der Waals surface area (Å²) >= 11 is -0.145. The normalized spacial score (nSPS) is 17.0. The molecular weight excluding hydrogens is 223 g/mol. The maximum Gasteiger partial charge on any atom is 0.441 e. The molecule has 7 heteroatoms. The molecule has 0 bridgehead atoms. The van der Waals surface area contributed by atoms with Crippen LogP contribution in [-0.4, -0.2) is 33.0 Å². The van der Waals surface area contributed by atoms with Crippen molar-refractivity contribution in [1.82, 2.24) is 0 Å². The molecule has 0 saturated heterocycles. The molecule has 2 atom stereocenters. The summed E-state index contributed by atoms with van der Waals surface area (Å²) in [7, 11) is -1.23. The number of nitrogens with two attached hydrogens (primary N) is 1. The van der Waals surface area contributed by atoms with E-state index in [0.29, 0.717) is 0 Å². The van der Waals surface area contributed by atoms with Crippen molar-refractivity contribution < 1.29 is 17.4 Å². The van der Waals surface area contributed by atoms with E-state index < -0.39 is 16.3 Å². The van der Waals surface area contributed by atoms with Gasteiger partial charge in [0, 0.05) is 34.1 Å². The van der Waals surface area contributed by atoms with Crippen molar-refractivity contribution in [3.63, 3.8) is 0 Å². The first kappa shape index (κ1) is 13.2. The lowest BCUT2D eigenvalue weighted by Gasteiger charge is -2.06. The molecule has 13 heavy (non-hydrogen) atoms. The largest absolute Gasteiger partial charge is 0.441 e. The molecule has 0 rings (SSSR count). The lowest BCUT2D eigenvalue weighted by molar-refractivity contribution is -0.0326. The molecular formula is C6H12F3NOS2. The second-order valence-electron chi connectivity index (χ2n) is 2.58. The van der Waals surface area contributed by atoms with Crippen LogP contribution in [0.3, 0.4) is 0 Å². The third-order valence-electron chi connectivity index (χ3n) is 1.03. The zero-order valence-electron chi connectivity index (χ0n) is 7.13. The highest BCUT2D eigenvalue weighted by Crippen LogP contribution is 2.29. The average molecular weight is 235 g/mol. The van der Waals surface area contributed by atoms with Crippen LogP contribution in [0, 0.1) is 0 Å². The fourth-order valence-electron chi connectivity index (χ4n) is 0.627. The molecule has 0 amide bonds. The third kappa shape index (κ3) is 10.2. The number of halogens is 3. The van der Waals surface area contributed by atoms with E-state index in [0.717, 1.165) is 0 Å². The first-order valence-corrected chi connectivity index (χ1v) is 6.10. The molecule has 0 aromatic heterocycles. The Labute approximate surface area is 81.9 Å². The van der Waals surface area contributed by atoms with Gasteiger partial charge in [-0.15, -0.1) is 0 Å². The Morgan fingerprint density at radius 3 is 2.46 bits per heavy atom. The highest BCUT2D eigenvalue weighted by molar-refractivity contribution is 8.00. The van der Waals surface area contributed by atoms with Crippen molar-refractivity contribution in [3.05, 3.63) is 0 Å². The maximum absolute atomic E-state index is 11.6. The first-order chi connectivity index (χ1) is 5.81. The summed E-state index contributed by atoms with van der Waals surface area (Å²) in [6.45, 7) is 1.68. The second kappa shape index (κ2) is 5.87. The Bertz CT molecular complexity index is 172. The Kier molecular flexibility index (Phi) is 5.98. The lowest BCUT2D eigenvalue weighted by atomic mass is 10.4. The summed E-state index contributed by atoms with van der Waals surface area (Å²) in [5.41, 5.74) is 1.11. The average Bonchev–Trinajstić information content (AvgIpc) is 1.81. The van der Waals surface area contributed by atoms with Crippen LogP contribution in [-0.2, 0) is 10.8 Å². The maximum atomic E-state index is 11.6. The van der Waals surface area contributed by atoms with E-state index in [1.807, 2.05) is 0 Å². The number of alkyl halides is 3. The van der Waals surface area contributed by atoms with E-state index in [2.05, 4.69) is 0 Å². The zero-order valence-corrected chi connectivity index (χ0v) is 8.77. The Hall–Kier alpha value is 0.250. The molecule has 2 N–H and O–H groups in total.